The fraction of sp³-hybridized carbons (Fsp3) is 0.167. The molecule has 1 nitrogen and oxygen atoms in total. The molecule has 0 saturated heterocycles. The van der Waals surface area contributed by atoms with Gasteiger partial charge in [0.25, 0.3) is 0 Å². The molecule has 0 unspecified atom stereocenters. The number of nitrogens with zero attached hydrogens (tertiary/aromatic N) is 1. The number of rotatable bonds is 2. The molecule has 0 aliphatic rings. The smallest absolute Gasteiger partial charge is 0.0300 e. The Kier molecular flexibility index (Phi) is 2.94. The lowest BCUT2D eigenvalue weighted by molar-refractivity contribution is 1.34. The number of allylic oxidation sites excluding steroid dienone is 2. The predicted octanol–water partition coefficient (Wildman–Crippen LogP) is 1.78. The first-order valence-electron chi connectivity index (χ1n) is 2.08. The summed E-state index contributed by atoms with van der Waals surface area (Å²) in [6.07, 6.45) is 3.23. The number of aliphatic imine (C=N–C) groups is 1. The monoisotopic (exact) mass is 95.1 g/mol. The summed E-state index contributed by atoms with van der Waals surface area (Å²) in [6.45, 7) is 8.82. The van der Waals surface area contributed by atoms with E-state index in [1.165, 1.54) is 0 Å². The van der Waals surface area contributed by atoms with Crippen molar-refractivity contribution in [2.24, 2.45) is 4.99 Å². The molecular formula is C6H9N. The highest BCUT2D eigenvalue weighted by Crippen LogP contribution is 1.83. The van der Waals surface area contributed by atoms with E-state index in [0.29, 0.717) is 0 Å². The molecule has 38 valence electrons. The molecule has 0 radical (unpaired) electrons. The number of hydrogen-bond donors (Lipinski definition) is 0. The Labute approximate surface area is 44.1 Å². The van der Waals surface area contributed by atoms with E-state index in [1.54, 1.807) is 12.3 Å². The van der Waals surface area contributed by atoms with Crippen molar-refractivity contribution in [2.75, 3.05) is 0 Å². The van der Waals surface area contributed by atoms with Crippen molar-refractivity contribution in [1.29, 1.82) is 0 Å². The van der Waals surface area contributed by atoms with Gasteiger partial charge in [-0.05, 0) is 6.92 Å². The van der Waals surface area contributed by atoms with Gasteiger partial charge in [-0.25, -0.2) is 0 Å². The van der Waals surface area contributed by atoms with Crippen molar-refractivity contribution in [3.8, 4) is 0 Å². The molecule has 0 aromatic rings. The van der Waals surface area contributed by atoms with Crippen molar-refractivity contribution >= 4 is 6.21 Å². The lowest BCUT2D eigenvalue weighted by atomic mass is 10.6. The molecule has 0 N–H and O–H groups in total. The lowest BCUT2D eigenvalue weighted by Gasteiger charge is -1.78. The second kappa shape index (κ2) is 3.34. The first-order valence-corrected chi connectivity index (χ1v) is 2.08. The molecule has 1 heteroatoms. The van der Waals surface area contributed by atoms with Crippen LogP contribution in [-0.2, 0) is 0 Å². The van der Waals surface area contributed by atoms with Gasteiger partial charge in [0.15, 0.2) is 0 Å². The van der Waals surface area contributed by atoms with Gasteiger partial charge in [-0.15, -0.1) is 0 Å². The van der Waals surface area contributed by atoms with Gasteiger partial charge < -0.3 is 0 Å². The highest BCUT2D eigenvalue weighted by atomic mass is 14.7. The summed E-state index contributed by atoms with van der Waals surface area (Å²) in [5.74, 6) is 0. The van der Waals surface area contributed by atoms with E-state index in [-0.39, 0.29) is 0 Å². The van der Waals surface area contributed by atoms with Crippen molar-refractivity contribution in [3.63, 3.8) is 0 Å². The fourth-order valence-corrected chi connectivity index (χ4v) is 0.180. The summed E-state index contributed by atoms with van der Waals surface area (Å²) >= 11 is 0. The van der Waals surface area contributed by atoms with Gasteiger partial charge >= 0.3 is 0 Å². The maximum Gasteiger partial charge on any atom is 0.0300 e. The molecule has 0 rings (SSSR count). The maximum atomic E-state index is 3.81. The first-order chi connectivity index (χ1) is 3.27. The molecule has 0 fully saturated rings. The molecule has 0 spiro atoms. The van der Waals surface area contributed by atoms with Gasteiger partial charge in [0.1, 0.15) is 0 Å². The highest BCUT2D eigenvalue weighted by molar-refractivity contribution is 5.70. The topological polar surface area (TPSA) is 12.4 Å². The van der Waals surface area contributed by atoms with Crippen LogP contribution < -0.4 is 0 Å². The van der Waals surface area contributed by atoms with E-state index in [2.05, 4.69) is 18.2 Å². The second-order valence-corrected chi connectivity index (χ2v) is 1.25. The largest absolute Gasteiger partial charge is 0.262 e. The van der Waals surface area contributed by atoms with Crippen LogP contribution >= 0.6 is 0 Å². The van der Waals surface area contributed by atoms with E-state index >= 15 is 0 Å². The summed E-state index contributed by atoms with van der Waals surface area (Å²) in [5.41, 5.74) is 0.805. The van der Waals surface area contributed by atoms with Crippen molar-refractivity contribution < 1.29 is 0 Å². The molecule has 0 aliphatic heterocycles. The molecule has 0 amide bonds. The minimum absolute atomic E-state index is 0.805. The molecule has 7 heavy (non-hydrogen) atoms. The molecule has 0 bridgehead atoms. The van der Waals surface area contributed by atoms with Crippen LogP contribution in [0.3, 0.4) is 0 Å². The van der Waals surface area contributed by atoms with E-state index < -0.39 is 0 Å². The third kappa shape index (κ3) is 5.15. The van der Waals surface area contributed by atoms with Crippen LogP contribution in [0.15, 0.2) is 29.9 Å². The lowest BCUT2D eigenvalue weighted by Crippen LogP contribution is -1.62. The Morgan fingerprint density at radius 2 is 2.29 bits per heavy atom. The maximum absolute atomic E-state index is 3.81. The van der Waals surface area contributed by atoms with Crippen LogP contribution in [0.1, 0.15) is 6.92 Å². The zero-order valence-corrected chi connectivity index (χ0v) is 4.52. The molecular weight excluding hydrogens is 86.1 g/mol. The van der Waals surface area contributed by atoms with Gasteiger partial charge in [0.2, 0.25) is 0 Å². The summed E-state index contributed by atoms with van der Waals surface area (Å²) in [5, 5.41) is 0. The van der Waals surface area contributed by atoms with Crippen LogP contribution in [0.5, 0.6) is 0 Å². The third-order valence-electron chi connectivity index (χ3n) is 0.400. The molecule has 0 atom stereocenters. The van der Waals surface area contributed by atoms with Gasteiger partial charge in [0.05, 0.1) is 0 Å². The normalized spacial score (nSPS) is 9.29. The standard InChI is InChI=1S/C6H9N/c1-4-5-7-6(2)3/h4-5H,1-2H2,3H3. The molecule has 0 saturated carbocycles. The Morgan fingerprint density at radius 1 is 1.71 bits per heavy atom. The van der Waals surface area contributed by atoms with Crippen LogP contribution in [0.25, 0.3) is 0 Å². The van der Waals surface area contributed by atoms with Crippen molar-refractivity contribution in [2.45, 2.75) is 6.92 Å². The minimum atomic E-state index is 0.805. The zero-order chi connectivity index (χ0) is 5.70. The van der Waals surface area contributed by atoms with Gasteiger partial charge in [-0.2, -0.15) is 0 Å². The van der Waals surface area contributed by atoms with Crippen molar-refractivity contribution in [3.05, 3.63) is 24.9 Å². The minimum Gasteiger partial charge on any atom is -0.262 e. The molecule has 0 heterocycles. The second-order valence-electron chi connectivity index (χ2n) is 1.25. The Morgan fingerprint density at radius 3 is 2.43 bits per heavy atom. The molecule has 0 aromatic carbocycles. The van der Waals surface area contributed by atoms with Crippen molar-refractivity contribution in [1.82, 2.24) is 0 Å². The van der Waals surface area contributed by atoms with Crippen LogP contribution in [0, 0.1) is 0 Å². The van der Waals surface area contributed by atoms with E-state index in [4.69, 9.17) is 0 Å². The Hall–Kier alpha value is -0.850. The van der Waals surface area contributed by atoms with E-state index in [9.17, 15) is 0 Å². The predicted molar refractivity (Wildman–Crippen MR) is 33.5 cm³/mol. The fourth-order valence-electron chi connectivity index (χ4n) is 0.180. The highest BCUT2D eigenvalue weighted by Gasteiger charge is 1.65. The van der Waals surface area contributed by atoms with E-state index in [0.717, 1.165) is 5.70 Å². The number of hydrogen-bond acceptors (Lipinski definition) is 1. The third-order valence-corrected chi connectivity index (χ3v) is 0.400. The van der Waals surface area contributed by atoms with Crippen LogP contribution in [0.4, 0.5) is 0 Å². The van der Waals surface area contributed by atoms with Gasteiger partial charge in [-0.3, -0.25) is 4.99 Å². The quantitative estimate of drug-likeness (QED) is 0.463. The summed E-state index contributed by atoms with van der Waals surface area (Å²) in [6, 6.07) is 0. The van der Waals surface area contributed by atoms with Gasteiger partial charge in [-0.1, -0.05) is 19.2 Å². The first kappa shape index (κ1) is 6.15. The van der Waals surface area contributed by atoms with E-state index in [1.807, 2.05) is 6.92 Å². The van der Waals surface area contributed by atoms with Crippen LogP contribution in [0.2, 0.25) is 0 Å². The summed E-state index contributed by atoms with van der Waals surface area (Å²) in [7, 11) is 0. The zero-order valence-electron chi connectivity index (χ0n) is 4.52. The average molecular weight is 95.1 g/mol. The Balaban J connectivity index is 3.46. The SMILES string of the molecule is C=CC=NC(=C)C. The molecule has 0 aromatic heterocycles. The summed E-state index contributed by atoms with van der Waals surface area (Å²) in [4.78, 5) is 3.81. The average Bonchev–Trinajstić information content (AvgIpc) is 1.61. The van der Waals surface area contributed by atoms with Gasteiger partial charge in [0, 0.05) is 11.9 Å². The Bertz CT molecular complexity index is 101. The van der Waals surface area contributed by atoms with Crippen LogP contribution in [-0.4, -0.2) is 6.21 Å². The molecule has 0 aliphatic carbocycles. The summed E-state index contributed by atoms with van der Waals surface area (Å²) < 4.78 is 0.